The van der Waals surface area contributed by atoms with Gasteiger partial charge in [0.1, 0.15) is 17.8 Å². The number of ether oxygens (including phenoxy) is 1. The molecule has 0 aliphatic rings. The van der Waals surface area contributed by atoms with E-state index in [1.54, 1.807) is 18.2 Å². The first-order chi connectivity index (χ1) is 7.74. The SMILES string of the molecule is O=C(OF)c1cc2cc(OCP)ccc2[nH]1. The summed E-state index contributed by atoms with van der Waals surface area (Å²) in [6.07, 6.45) is 0.481. The average Bonchev–Trinajstić information content (AvgIpc) is 2.71. The molecule has 6 heteroatoms. The van der Waals surface area contributed by atoms with E-state index in [4.69, 9.17) is 4.74 Å². The molecule has 0 aliphatic heterocycles. The van der Waals surface area contributed by atoms with Gasteiger partial charge < -0.3 is 9.72 Å². The third-order valence-electron chi connectivity index (χ3n) is 2.13. The number of nitrogens with one attached hydrogen (secondary N) is 1. The molecule has 2 aromatic rings. The van der Waals surface area contributed by atoms with Crippen molar-refractivity contribution in [2.45, 2.75) is 0 Å². The van der Waals surface area contributed by atoms with E-state index in [0.29, 0.717) is 12.1 Å². The molecule has 84 valence electrons. The van der Waals surface area contributed by atoms with E-state index >= 15 is 0 Å². The summed E-state index contributed by atoms with van der Waals surface area (Å²) < 4.78 is 17.0. The number of hydrogen-bond acceptors (Lipinski definition) is 3. The maximum absolute atomic E-state index is 11.7. The Balaban J connectivity index is 2.41. The lowest BCUT2D eigenvalue weighted by atomic mass is 10.2. The largest absolute Gasteiger partial charge is 0.490 e. The first-order valence-corrected chi connectivity index (χ1v) is 5.35. The normalized spacial score (nSPS) is 10.4. The maximum atomic E-state index is 11.7. The van der Waals surface area contributed by atoms with Gasteiger partial charge in [-0.1, -0.05) is 9.24 Å². The van der Waals surface area contributed by atoms with E-state index in [-0.39, 0.29) is 5.69 Å². The van der Waals surface area contributed by atoms with E-state index in [1.807, 2.05) is 0 Å². The third-order valence-corrected chi connectivity index (χ3v) is 2.30. The van der Waals surface area contributed by atoms with E-state index in [1.165, 1.54) is 6.07 Å². The van der Waals surface area contributed by atoms with Gasteiger partial charge in [0.15, 0.2) is 0 Å². The van der Waals surface area contributed by atoms with Gasteiger partial charge in [-0.15, -0.1) is 0 Å². The van der Waals surface area contributed by atoms with Gasteiger partial charge in [0, 0.05) is 15.4 Å². The number of aromatic nitrogens is 1. The predicted octanol–water partition coefficient (Wildman–Crippen LogP) is 2.42. The average molecular weight is 241 g/mol. The van der Waals surface area contributed by atoms with Gasteiger partial charge in [0.05, 0.1) is 0 Å². The Bertz CT molecular complexity index is 526. The Labute approximate surface area is 92.8 Å². The summed E-state index contributed by atoms with van der Waals surface area (Å²) in [5.41, 5.74) is 0.789. The minimum atomic E-state index is -1.04. The lowest BCUT2D eigenvalue weighted by Crippen LogP contribution is -1.97. The molecule has 0 amide bonds. The van der Waals surface area contributed by atoms with Gasteiger partial charge in [-0.25, -0.2) is 9.74 Å². The Morgan fingerprint density at radius 3 is 2.94 bits per heavy atom. The number of rotatable bonds is 3. The van der Waals surface area contributed by atoms with Gasteiger partial charge in [0.25, 0.3) is 0 Å². The molecule has 0 radical (unpaired) electrons. The molecule has 1 unspecified atom stereocenters. The smallest absolute Gasteiger partial charge is 0.395 e. The highest BCUT2D eigenvalue weighted by molar-refractivity contribution is 7.16. The number of fused-ring (bicyclic) bond motifs is 1. The quantitative estimate of drug-likeness (QED) is 0.839. The van der Waals surface area contributed by atoms with Crippen molar-refractivity contribution < 1.29 is 19.0 Å². The zero-order valence-electron chi connectivity index (χ0n) is 8.20. The predicted molar refractivity (Wildman–Crippen MR) is 60.0 cm³/mol. The zero-order valence-corrected chi connectivity index (χ0v) is 9.35. The molecule has 0 saturated carbocycles. The van der Waals surface area contributed by atoms with Crippen molar-refractivity contribution in [1.82, 2.24) is 4.98 Å². The lowest BCUT2D eigenvalue weighted by Gasteiger charge is -2.01. The molecule has 0 aliphatic carbocycles. The summed E-state index contributed by atoms with van der Waals surface area (Å²) in [5, 5.41) is 0.761. The molecule has 0 spiro atoms. The van der Waals surface area contributed by atoms with Crippen LogP contribution in [0.15, 0.2) is 24.3 Å². The highest BCUT2D eigenvalue weighted by Gasteiger charge is 2.11. The molecule has 1 aromatic heterocycles. The van der Waals surface area contributed by atoms with E-state index < -0.39 is 5.97 Å². The van der Waals surface area contributed by atoms with Crippen LogP contribution in [0.4, 0.5) is 4.53 Å². The molecule has 0 bridgehead atoms. The fraction of sp³-hybridized carbons (Fsp3) is 0.100. The van der Waals surface area contributed by atoms with Crippen molar-refractivity contribution in [3.05, 3.63) is 30.0 Å². The molecule has 0 saturated heterocycles. The van der Waals surface area contributed by atoms with Crippen molar-refractivity contribution in [2.24, 2.45) is 0 Å². The Morgan fingerprint density at radius 1 is 1.44 bits per heavy atom. The maximum Gasteiger partial charge on any atom is 0.395 e. The molecule has 1 heterocycles. The highest BCUT2D eigenvalue weighted by atomic mass is 31.0. The van der Waals surface area contributed by atoms with Crippen LogP contribution in [0.3, 0.4) is 0 Å². The van der Waals surface area contributed by atoms with Crippen molar-refractivity contribution >= 4 is 26.1 Å². The molecule has 1 N–H and O–H groups in total. The molecule has 16 heavy (non-hydrogen) atoms. The zero-order chi connectivity index (χ0) is 11.5. The summed E-state index contributed by atoms with van der Waals surface area (Å²) in [5.74, 6) is -0.355. The van der Waals surface area contributed by atoms with Crippen LogP contribution in [0, 0.1) is 0 Å². The first kappa shape index (κ1) is 10.9. The number of halogens is 1. The van der Waals surface area contributed by atoms with Gasteiger partial charge in [0.2, 0.25) is 0 Å². The number of benzene rings is 1. The van der Waals surface area contributed by atoms with Crippen LogP contribution in [0.1, 0.15) is 10.5 Å². The van der Waals surface area contributed by atoms with Crippen molar-refractivity contribution in [3.63, 3.8) is 0 Å². The Kier molecular flexibility index (Phi) is 3.06. The second-order valence-electron chi connectivity index (χ2n) is 3.11. The summed E-state index contributed by atoms with van der Waals surface area (Å²) in [4.78, 5) is 16.8. The third kappa shape index (κ3) is 1.99. The fourth-order valence-electron chi connectivity index (χ4n) is 1.45. The minimum Gasteiger partial charge on any atom is -0.490 e. The van der Waals surface area contributed by atoms with Crippen LogP contribution in [0.5, 0.6) is 5.75 Å². The molecular weight excluding hydrogens is 232 g/mol. The minimum absolute atomic E-state index is 0.0699. The fourth-order valence-corrected chi connectivity index (χ4v) is 1.64. The van der Waals surface area contributed by atoms with Crippen molar-refractivity contribution in [1.29, 1.82) is 0 Å². The van der Waals surface area contributed by atoms with Crippen LogP contribution in [-0.2, 0) is 4.94 Å². The van der Waals surface area contributed by atoms with E-state index in [2.05, 4.69) is 19.2 Å². The van der Waals surface area contributed by atoms with Gasteiger partial charge >= 0.3 is 5.97 Å². The van der Waals surface area contributed by atoms with Crippen LogP contribution >= 0.6 is 9.24 Å². The molecular formula is C10H9FNO3P. The van der Waals surface area contributed by atoms with E-state index in [9.17, 15) is 9.32 Å². The molecule has 1 atom stereocenters. The Morgan fingerprint density at radius 2 is 2.25 bits per heavy atom. The van der Waals surface area contributed by atoms with Crippen LogP contribution in [0.25, 0.3) is 10.9 Å². The molecule has 2 rings (SSSR count). The van der Waals surface area contributed by atoms with E-state index in [0.717, 1.165) is 10.9 Å². The standard InChI is InChI=1S/C10H9FNO3P/c11-15-10(13)9-4-6-3-7(14-5-16)1-2-8(6)12-9/h1-4,12H,5,16H2. The highest BCUT2D eigenvalue weighted by Crippen LogP contribution is 2.22. The Hall–Kier alpha value is -1.61. The van der Waals surface area contributed by atoms with Crippen LogP contribution in [0.2, 0.25) is 0 Å². The second kappa shape index (κ2) is 4.49. The second-order valence-corrected chi connectivity index (χ2v) is 3.44. The topological polar surface area (TPSA) is 51.3 Å². The number of H-pyrrole nitrogens is 1. The number of carbonyl (C=O) groups excluding carboxylic acids is 1. The number of carbonyl (C=O) groups is 1. The van der Waals surface area contributed by atoms with Crippen molar-refractivity contribution in [2.75, 3.05) is 6.35 Å². The summed E-state index contributed by atoms with van der Waals surface area (Å²) in [6.45, 7) is 0. The van der Waals surface area contributed by atoms with Crippen LogP contribution in [-0.4, -0.2) is 17.3 Å². The van der Waals surface area contributed by atoms with Gasteiger partial charge in [-0.2, -0.15) is 0 Å². The monoisotopic (exact) mass is 241 g/mol. The molecule has 4 nitrogen and oxygen atoms in total. The summed E-state index contributed by atoms with van der Waals surface area (Å²) in [6, 6.07) is 6.77. The summed E-state index contributed by atoms with van der Waals surface area (Å²) in [7, 11) is 2.44. The first-order valence-electron chi connectivity index (χ1n) is 4.53. The molecule has 1 aromatic carbocycles. The lowest BCUT2D eigenvalue weighted by molar-refractivity contribution is -0.0792. The van der Waals surface area contributed by atoms with Crippen LogP contribution < -0.4 is 4.74 Å². The van der Waals surface area contributed by atoms with Crippen molar-refractivity contribution in [3.8, 4) is 5.75 Å². The summed E-state index contributed by atoms with van der Waals surface area (Å²) >= 11 is 0. The molecule has 0 fully saturated rings. The van der Waals surface area contributed by atoms with Gasteiger partial charge in [-0.3, -0.25) is 0 Å². The number of aromatic amines is 1. The van der Waals surface area contributed by atoms with Gasteiger partial charge in [-0.05, 0) is 24.3 Å². The number of hydrogen-bond donors (Lipinski definition) is 1.